The molecule has 0 bridgehead atoms. The molecule has 0 aliphatic carbocycles. The van der Waals surface area contributed by atoms with E-state index in [2.05, 4.69) is 14.9 Å². The summed E-state index contributed by atoms with van der Waals surface area (Å²) in [6.45, 7) is 3.89. The molecule has 106 valence electrons. The number of aromatic amines is 1. The number of piperidine rings is 1. The van der Waals surface area contributed by atoms with Crippen molar-refractivity contribution in [1.82, 2.24) is 9.97 Å². The number of fused-ring (bicyclic) bond motifs is 1. The van der Waals surface area contributed by atoms with E-state index in [1.165, 1.54) is 0 Å². The van der Waals surface area contributed by atoms with Crippen LogP contribution in [0.1, 0.15) is 19.8 Å². The molecule has 2 heterocycles. The number of nitrogens with one attached hydrogen (secondary N) is 1. The zero-order valence-corrected chi connectivity index (χ0v) is 11.6. The zero-order valence-electron chi connectivity index (χ0n) is 11.6. The van der Waals surface area contributed by atoms with Crippen LogP contribution in [0.4, 0.5) is 5.95 Å². The first kappa shape index (κ1) is 13.0. The predicted octanol–water partition coefficient (Wildman–Crippen LogP) is 2.34. The van der Waals surface area contributed by atoms with Gasteiger partial charge in [0.1, 0.15) is 0 Å². The van der Waals surface area contributed by atoms with Gasteiger partial charge in [0, 0.05) is 13.1 Å². The smallest absolute Gasteiger partial charge is 0.310 e. The minimum absolute atomic E-state index is 0.0445. The van der Waals surface area contributed by atoms with E-state index < -0.39 is 0 Å². The summed E-state index contributed by atoms with van der Waals surface area (Å²) < 4.78 is 5.13. The van der Waals surface area contributed by atoms with Crippen LogP contribution in [0.25, 0.3) is 11.0 Å². The minimum atomic E-state index is -0.0895. The van der Waals surface area contributed by atoms with Crippen LogP contribution in [0.5, 0.6) is 0 Å². The van der Waals surface area contributed by atoms with E-state index in [1.807, 2.05) is 31.2 Å². The highest BCUT2D eigenvalue weighted by molar-refractivity contribution is 5.78. The van der Waals surface area contributed by atoms with Gasteiger partial charge in [-0.25, -0.2) is 4.98 Å². The van der Waals surface area contributed by atoms with Crippen molar-refractivity contribution in [3.8, 4) is 0 Å². The van der Waals surface area contributed by atoms with Crippen LogP contribution >= 0.6 is 0 Å². The molecule has 2 aromatic rings. The van der Waals surface area contributed by atoms with Gasteiger partial charge in [0.05, 0.1) is 23.6 Å². The van der Waals surface area contributed by atoms with Gasteiger partial charge in [-0.1, -0.05) is 12.1 Å². The lowest BCUT2D eigenvalue weighted by Crippen LogP contribution is -2.40. The lowest BCUT2D eigenvalue weighted by Gasteiger charge is -2.31. The highest BCUT2D eigenvalue weighted by Crippen LogP contribution is 2.24. The van der Waals surface area contributed by atoms with Gasteiger partial charge in [-0.3, -0.25) is 4.79 Å². The summed E-state index contributed by atoms with van der Waals surface area (Å²) in [5, 5.41) is 0. The van der Waals surface area contributed by atoms with Crippen LogP contribution < -0.4 is 4.90 Å². The fraction of sp³-hybridized carbons (Fsp3) is 0.467. The quantitative estimate of drug-likeness (QED) is 0.872. The molecule has 0 radical (unpaired) electrons. The van der Waals surface area contributed by atoms with Crippen LogP contribution in [0.3, 0.4) is 0 Å². The number of rotatable bonds is 3. The van der Waals surface area contributed by atoms with E-state index in [-0.39, 0.29) is 11.9 Å². The van der Waals surface area contributed by atoms with Crippen molar-refractivity contribution in [2.75, 3.05) is 24.6 Å². The maximum absolute atomic E-state index is 11.9. The van der Waals surface area contributed by atoms with Gasteiger partial charge in [0.25, 0.3) is 0 Å². The van der Waals surface area contributed by atoms with E-state index in [0.717, 1.165) is 36.4 Å². The lowest BCUT2D eigenvalue weighted by molar-refractivity contribution is -0.148. The molecule has 5 heteroatoms. The van der Waals surface area contributed by atoms with E-state index in [9.17, 15) is 4.79 Å². The number of carbonyl (C=O) groups is 1. The number of anilines is 1. The normalized spacial score (nSPS) is 19.2. The Labute approximate surface area is 117 Å². The Morgan fingerprint density at radius 2 is 2.35 bits per heavy atom. The fourth-order valence-corrected chi connectivity index (χ4v) is 2.71. The predicted molar refractivity (Wildman–Crippen MR) is 77.7 cm³/mol. The molecule has 1 aliphatic heterocycles. The Balaban J connectivity index is 1.77. The van der Waals surface area contributed by atoms with Crippen molar-refractivity contribution in [1.29, 1.82) is 0 Å². The van der Waals surface area contributed by atoms with Gasteiger partial charge in [-0.05, 0) is 31.9 Å². The average molecular weight is 273 g/mol. The average Bonchev–Trinajstić information content (AvgIpc) is 2.91. The summed E-state index contributed by atoms with van der Waals surface area (Å²) in [4.78, 5) is 21.9. The van der Waals surface area contributed by atoms with E-state index in [0.29, 0.717) is 13.2 Å². The largest absolute Gasteiger partial charge is 0.466 e. The maximum Gasteiger partial charge on any atom is 0.310 e. The van der Waals surface area contributed by atoms with Gasteiger partial charge in [-0.2, -0.15) is 0 Å². The standard InChI is InChI=1S/C15H19N3O2/c1-2-20-14(19)11-6-5-9-18(10-11)15-16-12-7-3-4-8-13(12)17-15/h3-4,7-8,11H,2,5-6,9-10H2,1H3,(H,16,17). The molecular formula is C15H19N3O2. The lowest BCUT2D eigenvalue weighted by atomic mass is 9.98. The number of aromatic nitrogens is 2. The van der Waals surface area contributed by atoms with Crippen LogP contribution in [-0.2, 0) is 9.53 Å². The summed E-state index contributed by atoms with van der Waals surface area (Å²) in [5.74, 6) is 0.713. The Bertz CT molecular complexity index is 575. The number of carbonyl (C=O) groups excluding carboxylic acids is 1. The summed E-state index contributed by atoms with van der Waals surface area (Å²) in [7, 11) is 0. The number of imidazole rings is 1. The van der Waals surface area contributed by atoms with E-state index in [4.69, 9.17) is 4.74 Å². The SMILES string of the molecule is CCOC(=O)C1CCCN(c2nc3ccccc3[nH]2)C1. The Morgan fingerprint density at radius 1 is 1.50 bits per heavy atom. The molecule has 5 nitrogen and oxygen atoms in total. The number of nitrogens with zero attached hydrogens (tertiary/aromatic N) is 2. The highest BCUT2D eigenvalue weighted by Gasteiger charge is 2.28. The number of H-pyrrole nitrogens is 1. The van der Waals surface area contributed by atoms with Crippen molar-refractivity contribution >= 4 is 23.0 Å². The third kappa shape index (κ3) is 2.48. The van der Waals surface area contributed by atoms with E-state index >= 15 is 0 Å². The maximum atomic E-state index is 11.9. The van der Waals surface area contributed by atoms with Crippen LogP contribution in [0.2, 0.25) is 0 Å². The van der Waals surface area contributed by atoms with Crippen LogP contribution in [-0.4, -0.2) is 35.6 Å². The second-order valence-electron chi connectivity index (χ2n) is 5.11. The first-order valence-electron chi connectivity index (χ1n) is 7.14. The first-order valence-corrected chi connectivity index (χ1v) is 7.14. The number of esters is 1. The number of benzene rings is 1. The van der Waals surface area contributed by atoms with E-state index in [1.54, 1.807) is 0 Å². The van der Waals surface area contributed by atoms with Gasteiger partial charge in [0.15, 0.2) is 0 Å². The van der Waals surface area contributed by atoms with Crippen molar-refractivity contribution < 1.29 is 9.53 Å². The molecule has 1 N–H and O–H groups in total. The molecule has 1 saturated heterocycles. The monoisotopic (exact) mass is 273 g/mol. The molecule has 0 amide bonds. The topological polar surface area (TPSA) is 58.2 Å². The molecule has 3 rings (SSSR count). The van der Waals surface area contributed by atoms with Gasteiger partial charge in [-0.15, -0.1) is 0 Å². The molecule has 1 aliphatic rings. The second-order valence-corrected chi connectivity index (χ2v) is 5.11. The summed E-state index contributed by atoms with van der Waals surface area (Å²) in [6.07, 6.45) is 1.89. The summed E-state index contributed by atoms with van der Waals surface area (Å²) >= 11 is 0. The molecule has 1 atom stereocenters. The number of hydrogen-bond acceptors (Lipinski definition) is 4. The molecular weight excluding hydrogens is 254 g/mol. The Kier molecular flexibility index (Phi) is 3.58. The number of para-hydroxylation sites is 2. The molecule has 1 unspecified atom stereocenters. The Morgan fingerprint density at radius 3 is 3.15 bits per heavy atom. The first-order chi connectivity index (χ1) is 9.78. The van der Waals surface area contributed by atoms with Gasteiger partial charge in [0.2, 0.25) is 5.95 Å². The highest BCUT2D eigenvalue weighted by atomic mass is 16.5. The van der Waals surface area contributed by atoms with Crippen LogP contribution in [0.15, 0.2) is 24.3 Å². The van der Waals surface area contributed by atoms with Gasteiger partial charge < -0.3 is 14.6 Å². The van der Waals surface area contributed by atoms with Crippen LogP contribution in [0, 0.1) is 5.92 Å². The minimum Gasteiger partial charge on any atom is -0.466 e. The summed E-state index contributed by atoms with van der Waals surface area (Å²) in [5.41, 5.74) is 1.99. The third-order valence-electron chi connectivity index (χ3n) is 3.72. The zero-order chi connectivity index (χ0) is 13.9. The molecule has 1 aromatic heterocycles. The number of ether oxygens (including phenoxy) is 1. The molecule has 0 spiro atoms. The van der Waals surface area contributed by atoms with Crippen molar-refractivity contribution in [2.45, 2.75) is 19.8 Å². The fourth-order valence-electron chi connectivity index (χ4n) is 2.71. The second kappa shape index (κ2) is 5.53. The molecule has 1 aromatic carbocycles. The van der Waals surface area contributed by atoms with Crippen molar-refractivity contribution in [3.05, 3.63) is 24.3 Å². The Hall–Kier alpha value is -2.04. The molecule has 1 fully saturated rings. The third-order valence-corrected chi connectivity index (χ3v) is 3.72. The van der Waals surface area contributed by atoms with Crippen molar-refractivity contribution in [3.63, 3.8) is 0 Å². The van der Waals surface area contributed by atoms with Crippen molar-refractivity contribution in [2.24, 2.45) is 5.92 Å². The number of hydrogen-bond donors (Lipinski definition) is 1. The molecule has 20 heavy (non-hydrogen) atoms. The molecule has 0 saturated carbocycles. The summed E-state index contributed by atoms with van der Waals surface area (Å²) in [6, 6.07) is 7.97. The van der Waals surface area contributed by atoms with Gasteiger partial charge >= 0.3 is 5.97 Å².